The molecule has 0 unspecified atom stereocenters. The van der Waals surface area contributed by atoms with E-state index in [2.05, 4.69) is 15.4 Å². The Kier molecular flexibility index (Phi) is 8.91. The molecule has 2 amide bonds. The quantitative estimate of drug-likeness (QED) is 0.267. The number of methoxy groups -OCH3 is 1. The molecule has 15 nitrogen and oxygen atoms in total. The minimum absolute atomic E-state index is 0.0233. The Hall–Kier alpha value is -6.30. The number of halogens is 3. The summed E-state index contributed by atoms with van der Waals surface area (Å²) < 4.78 is 53.8. The van der Waals surface area contributed by atoms with Crippen molar-refractivity contribution in [2.75, 3.05) is 62.0 Å². The van der Waals surface area contributed by atoms with Crippen molar-refractivity contribution in [1.82, 2.24) is 44.1 Å². The van der Waals surface area contributed by atoms with Gasteiger partial charge in [0.05, 0.1) is 41.0 Å². The van der Waals surface area contributed by atoms with E-state index in [4.69, 9.17) is 19.7 Å². The van der Waals surface area contributed by atoms with Gasteiger partial charge in [-0.15, -0.1) is 0 Å². The Labute approximate surface area is 336 Å². The van der Waals surface area contributed by atoms with E-state index >= 15 is 8.78 Å². The fourth-order valence-electron chi connectivity index (χ4n) is 8.81. The molecule has 304 valence electrons. The number of carbonyl (C=O) groups excluding carboxylic acids is 2. The van der Waals surface area contributed by atoms with Gasteiger partial charge in [-0.25, -0.2) is 27.8 Å². The lowest BCUT2D eigenvalue weighted by molar-refractivity contribution is -0.133. The van der Waals surface area contributed by atoms with Crippen LogP contribution in [0.3, 0.4) is 0 Å². The van der Waals surface area contributed by atoms with E-state index < -0.39 is 29.6 Å². The number of anilines is 3. The zero-order valence-corrected chi connectivity index (χ0v) is 32.6. The number of fused-ring (bicyclic) bond motifs is 6. The Balaban J connectivity index is 1.09. The third-order valence-corrected chi connectivity index (χ3v) is 11.9. The van der Waals surface area contributed by atoms with Crippen LogP contribution in [0.2, 0.25) is 0 Å². The summed E-state index contributed by atoms with van der Waals surface area (Å²) in [6.45, 7) is 3.71. The van der Waals surface area contributed by atoms with Crippen molar-refractivity contribution in [2.45, 2.75) is 57.0 Å². The molecule has 4 aliphatic rings. The van der Waals surface area contributed by atoms with Crippen molar-refractivity contribution in [1.29, 1.82) is 0 Å². The zero-order valence-electron chi connectivity index (χ0n) is 32.6. The number of benzene rings is 2. The first-order valence-electron chi connectivity index (χ1n) is 19.7. The maximum atomic E-state index is 15.4. The molecular formula is C41H41F3N12O3. The second-order valence-corrected chi connectivity index (χ2v) is 15.8. The predicted octanol–water partition coefficient (Wildman–Crippen LogP) is 4.31. The van der Waals surface area contributed by atoms with Gasteiger partial charge in [0.1, 0.15) is 47.4 Å². The van der Waals surface area contributed by atoms with E-state index in [0.717, 1.165) is 25.0 Å². The second kappa shape index (κ2) is 14.2. The number of likely N-dealkylation sites (N-methyl/N-ethyl adjacent to an activating group) is 1. The molecule has 7 heterocycles. The van der Waals surface area contributed by atoms with Crippen LogP contribution >= 0.6 is 0 Å². The van der Waals surface area contributed by atoms with Crippen LogP contribution in [-0.2, 0) is 20.9 Å². The number of piperazine rings is 1. The van der Waals surface area contributed by atoms with Crippen molar-refractivity contribution >= 4 is 51.5 Å². The maximum absolute atomic E-state index is 15.4. The standard InChI is InChI=1S/C41H41F3N12O3/c1-22-46-32-15-24(43)13-28-31-5-4-6-35(48-31)47-25-16-34(40(58)51(2)19-27(59-3)20-54(22)37(28)32)55(18-25)38-29-17-45-56(33-10-7-23(42)14-30(33)44)39(29)50-41(49-38)52-11-12-53(26-8-9-26)36(57)21-52/h4-7,10,13-15,17,25-27,34H,8-9,11-12,16,18-21H2,1-3H3,(H,47,48)/t25-,27-,34-/m0/s1. The molecule has 2 saturated heterocycles. The Bertz CT molecular complexity index is 2660. The summed E-state index contributed by atoms with van der Waals surface area (Å²) in [5.74, 6) is -0.453. The van der Waals surface area contributed by atoms with Crippen LogP contribution in [0.4, 0.5) is 30.8 Å². The minimum atomic E-state index is -0.836. The number of hydrogen-bond acceptors (Lipinski definition) is 11. The van der Waals surface area contributed by atoms with E-state index in [0.29, 0.717) is 71.2 Å². The Morgan fingerprint density at radius 3 is 2.53 bits per heavy atom. The van der Waals surface area contributed by atoms with Crippen molar-refractivity contribution in [3.63, 3.8) is 0 Å². The molecule has 1 N–H and O–H groups in total. The molecule has 0 spiro atoms. The maximum Gasteiger partial charge on any atom is 0.245 e. The van der Waals surface area contributed by atoms with Gasteiger partial charge < -0.3 is 34.2 Å². The minimum Gasteiger partial charge on any atom is -0.378 e. The molecule has 6 aromatic rings. The van der Waals surface area contributed by atoms with Gasteiger partial charge in [-0.05, 0) is 56.5 Å². The SMILES string of the molecule is CO[C@H]1CN(C)C(=O)[C@@H]2C[C@@H](CN2c2nc(N3CCN(C4CC4)C(=O)C3)nc3c2cnn3-c2ccc(F)cc2F)Nc2cccc(n2)-c2cc(F)cc3nc(C)n(c23)C1. The van der Waals surface area contributed by atoms with Gasteiger partial charge >= 0.3 is 0 Å². The summed E-state index contributed by atoms with van der Waals surface area (Å²) >= 11 is 0. The van der Waals surface area contributed by atoms with Crippen molar-refractivity contribution in [3.8, 4) is 16.9 Å². The van der Waals surface area contributed by atoms with E-state index in [1.165, 1.54) is 29.1 Å². The fourth-order valence-corrected chi connectivity index (χ4v) is 8.81. The van der Waals surface area contributed by atoms with Crippen LogP contribution in [0.5, 0.6) is 0 Å². The number of aryl methyl sites for hydroxylation is 1. The molecular weight excluding hydrogens is 766 g/mol. The number of nitrogens with zero attached hydrogens (tertiary/aromatic N) is 11. The Morgan fingerprint density at radius 1 is 0.898 bits per heavy atom. The number of rotatable bonds is 5. The van der Waals surface area contributed by atoms with Gasteiger partial charge in [-0.3, -0.25) is 9.59 Å². The summed E-state index contributed by atoms with van der Waals surface area (Å²) in [5.41, 5.74) is 2.53. The lowest BCUT2D eigenvalue weighted by atomic mass is 10.1. The summed E-state index contributed by atoms with van der Waals surface area (Å²) in [4.78, 5) is 55.0. The number of carbonyl (C=O) groups is 2. The monoisotopic (exact) mass is 806 g/mol. The van der Waals surface area contributed by atoms with Crippen LogP contribution in [0.1, 0.15) is 25.1 Å². The molecule has 0 radical (unpaired) electrons. The van der Waals surface area contributed by atoms with Gasteiger partial charge in [-0.2, -0.15) is 15.1 Å². The van der Waals surface area contributed by atoms with Gasteiger partial charge in [0.25, 0.3) is 0 Å². The molecule has 3 aliphatic heterocycles. The van der Waals surface area contributed by atoms with Gasteiger partial charge in [0, 0.05) is 70.1 Å². The van der Waals surface area contributed by atoms with Crippen LogP contribution in [0.15, 0.2) is 54.7 Å². The number of pyridine rings is 1. The molecule has 4 bridgehead atoms. The third-order valence-electron chi connectivity index (χ3n) is 11.9. The largest absolute Gasteiger partial charge is 0.378 e. The van der Waals surface area contributed by atoms with Gasteiger partial charge in [-0.1, -0.05) is 6.07 Å². The summed E-state index contributed by atoms with van der Waals surface area (Å²) in [6.07, 6.45) is 3.36. The second-order valence-electron chi connectivity index (χ2n) is 15.8. The average Bonchev–Trinajstić information content (AvgIpc) is 3.72. The lowest BCUT2D eigenvalue weighted by Crippen LogP contribution is -2.52. The number of hydrogen-bond donors (Lipinski definition) is 1. The van der Waals surface area contributed by atoms with Crippen molar-refractivity contribution in [2.24, 2.45) is 0 Å². The first-order chi connectivity index (χ1) is 28.5. The molecule has 2 aromatic carbocycles. The van der Waals surface area contributed by atoms with E-state index in [1.807, 2.05) is 39.5 Å². The zero-order chi connectivity index (χ0) is 40.7. The number of ether oxygens (including phenoxy) is 1. The summed E-state index contributed by atoms with van der Waals surface area (Å²) in [5, 5.41) is 8.48. The number of nitrogens with one attached hydrogen (secondary N) is 1. The van der Waals surface area contributed by atoms with Crippen molar-refractivity contribution < 1.29 is 27.5 Å². The van der Waals surface area contributed by atoms with Crippen LogP contribution < -0.4 is 15.1 Å². The first kappa shape index (κ1) is 37.0. The summed E-state index contributed by atoms with van der Waals surface area (Å²) in [7, 11) is 3.33. The highest BCUT2D eigenvalue weighted by Gasteiger charge is 2.42. The van der Waals surface area contributed by atoms with Crippen LogP contribution in [0.25, 0.3) is 39.0 Å². The smallest absolute Gasteiger partial charge is 0.245 e. The molecule has 3 fully saturated rings. The van der Waals surface area contributed by atoms with Gasteiger partial charge in [0.2, 0.25) is 17.8 Å². The van der Waals surface area contributed by atoms with Gasteiger partial charge in [0.15, 0.2) is 11.5 Å². The topological polar surface area (TPSA) is 143 Å². The molecule has 1 saturated carbocycles. The molecule has 3 atom stereocenters. The highest BCUT2D eigenvalue weighted by atomic mass is 19.1. The van der Waals surface area contributed by atoms with E-state index in [-0.39, 0.29) is 60.8 Å². The van der Waals surface area contributed by atoms with E-state index in [9.17, 15) is 14.0 Å². The normalized spacial score (nSPS) is 21.4. The fraction of sp³-hybridized carbons (Fsp3) is 0.390. The van der Waals surface area contributed by atoms with E-state index in [1.54, 1.807) is 24.0 Å². The molecule has 59 heavy (non-hydrogen) atoms. The molecule has 18 heteroatoms. The first-order valence-corrected chi connectivity index (χ1v) is 19.7. The predicted molar refractivity (Wildman–Crippen MR) is 213 cm³/mol. The highest BCUT2D eigenvalue weighted by molar-refractivity contribution is 5.95. The molecule has 10 rings (SSSR count). The average molecular weight is 807 g/mol. The molecule has 4 aromatic heterocycles. The highest BCUT2D eigenvalue weighted by Crippen LogP contribution is 2.37. The lowest BCUT2D eigenvalue weighted by Gasteiger charge is -2.35. The van der Waals surface area contributed by atoms with Crippen molar-refractivity contribution in [3.05, 3.63) is 78.0 Å². The van der Waals surface area contributed by atoms with Crippen LogP contribution in [0, 0.1) is 24.4 Å². The number of amides is 2. The molecule has 1 aliphatic carbocycles. The number of imidazole rings is 1. The number of aromatic nitrogens is 7. The third kappa shape index (κ3) is 6.54. The summed E-state index contributed by atoms with van der Waals surface area (Å²) in [6, 6.07) is 10.8. The Morgan fingerprint density at radius 2 is 1.75 bits per heavy atom. The van der Waals surface area contributed by atoms with Crippen LogP contribution in [-0.4, -0.2) is 127 Å².